The Kier molecular flexibility index (Phi) is 3.38. The van der Waals surface area contributed by atoms with Crippen LogP contribution in [0.3, 0.4) is 0 Å². The standard InChI is InChI=1S/C20H21N3O3/c1-11-6-5-7-12-17(11)21-23-10-16(20(2,3)4)22-9-13(19(25)26)15(24)8-14(22)18(12)23/h5-9,16H,10H2,1-4H3,(H,25,26). The number of carboxylic acid groups (broad SMARTS) is 1. The summed E-state index contributed by atoms with van der Waals surface area (Å²) in [5.41, 5.74) is 2.77. The molecule has 1 aliphatic heterocycles. The van der Waals surface area contributed by atoms with E-state index in [0.717, 1.165) is 27.9 Å². The minimum atomic E-state index is -1.20. The first-order chi connectivity index (χ1) is 12.2. The van der Waals surface area contributed by atoms with Gasteiger partial charge in [-0.15, -0.1) is 0 Å². The van der Waals surface area contributed by atoms with Gasteiger partial charge in [-0.1, -0.05) is 39.0 Å². The molecule has 0 fully saturated rings. The number of rotatable bonds is 1. The van der Waals surface area contributed by atoms with E-state index in [0.29, 0.717) is 6.54 Å². The zero-order chi connectivity index (χ0) is 18.8. The van der Waals surface area contributed by atoms with Crippen molar-refractivity contribution in [1.29, 1.82) is 0 Å². The lowest BCUT2D eigenvalue weighted by Gasteiger charge is -2.38. The molecular formula is C20H21N3O3. The van der Waals surface area contributed by atoms with Crippen LogP contribution >= 0.6 is 0 Å². The molecule has 0 aliphatic carbocycles. The Labute approximate surface area is 150 Å². The summed E-state index contributed by atoms with van der Waals surface area (Å²) < 4.78 is 3.91. The van der Waals surface area contributed by atoms with Crippen LogP contribution in [0, 0.1) is 12.3 Å². The third-order valence-corrected chi connectivity index (χ3v) is 5.21. The molecule has 6 nitrogen and oxygen atoms in total. The Morgan fingerprint density at radius 1 is 1.31 bits per heavy atom. The number of hydrogen-bond acceptors (Lipinski definition) is 3. The predicted octanol–water partition coefficient (Wildman–Crippen LogP) is 3.47. The number of carbonyl (C=O) groups is 1. The van der Waals surface area contributed by atoms with Crippen molar-refractivity contribution in [3.8, 4) is 11.4 Å². The molecular weight excluding hydrogens is 330 g/mol. The van der Waals surface area contributed by atoms with Crippen LogP contribution < -0.4 is 5.43 Å². The van der Waals surface area contributed by atoms with Crippen molar-refractivity contribution in [1.82, 2.24) is 14.3 Å². The van der Waals surface area contributed by atoms with Crippen molar-refractivity contribution in [3.05, 3.63) is 51.8 Å². The van der Waals surface area contributed by atoms with Crippen molar-refractivity contribution < 1.29 is 9.90 Å². The highest BCUT2D eigenvalue weighted by Gasteiger charge is 2.35. The summed E-state index contributed by atoms with van der Waals surface area (Å²) in [6.07, 6.45) is 1.49. The highest BCUT2D eigenvalue weighted by Crippen LogP contribution is 2.42. The van der Waals surface area contributed by atoms with Gasteiger partial charge in [0.05, 0.1) is 29.5 Å². The van der Waals surface area contributed by atoms with Crippen LogP contribution in [0.15, 0.2) is 35.3 Å². The molecule has 1 unspecified atom stereocenters. The van der Waals surface area contributed by atoms with Gasteiger partial charge < -0.3 is 9.67 Å². The maximum atomic E-state index is 12.4. The Morgan fingerprint density at radius 2 is 2.04 bits per heavy atom. The quantitative estimate of drug-likeness (QED) is 0.728. The lowest BCUT2D eigenvalue weighted by Crippen LogP contribution is -2.35. The van der Waals surface area contributed by atoms with Crippen LogP contribution in [0.5, 0.6) is 0 Å². The number of pyridine rings is 1. The Bertz CT molecular complexity index is 1120. The smallest absolute Gasteiger partial charge is 0.341 e. The largest absolute Gasteiger partial charge is 0.477 e. The molecule has 0 bridgehead atoms. The molecule has 1 aromatic carbocycles. The molecule has 0 spiro atoms. The molecule has 2 aromatic heterocycles. The average Bonchev–Trinajstić information content (AvgIpc) is 2.92. The number of carboxylic acids is 1. The minimum absolute atomic E-state index is 0.0154. The van der Waals surface area contributed by atoms with Gasteiger partial charge in [0, 0.05) is 17.6 Å². The van der Waals surface area contributed by atoms with E-state index in [1.165, 1.54) is 12.3 Å². The van der Waals surface area contributed by atoms with Gasteiger partial charge in [0.1, 0.15) is 5.56 Å². The summed E-state index contributed by atoms with van der Waals surface area (Å²) in [5, 5.41) is 15.2. The number of aromatic nitrogens is 3. The van der Waals surface area contributed by atoms with E-state index in [4.69, 9.17) is 5.10 Å². The number of hydrogen-bond donors (Lipinski definition) is 1. The summed E-state index contributed by atoms with van der Waals surface area (Å²) in [5.74, 6) is -1.20. The van der Waals surface area contributed by atoms with E-state index in [1.807, 2.05) is 34.4 Å². The van der Waals surface area contributed by atoms with Crippen LogP contribution in [0.2, 0.25) is 0 Å². The van der Waals surface area contributed by atoms with E-state index >= 15 is 0 Å². The third kappa shape index (κ3) is 2.29. The predicted molar refractivity (Wildman–Crippen MR) is 99.6 cm³/mol. The second kappa shape index (κ2) is 5.30. The number of aryl methyl sites for hydroxylation is 1. The summed E-state index contributed by atoms with van der Waals surface area (Å²) >= 11 is 0. The van der Waals surface area contributed by atoms with Crippen LogP contribution in [-0.2, 0) is 6.54 Å². The van der Waals surface area contributed by atoms with Gasteiger partial charge in [-0.25, -0.2) is 4.79 Å². The molecule has 0 radical (unpaired) electrons. The zero-order valence-corrected chi connectivity index (χ0v) is 15.3. The lowest BCUT2D eigenvalue weighted by molar-refractivity contribution is 0.0693. The van der Waals surface area contributed by atoms with Gasteiger partial charge in [-0.2, -0.15) is 5.10 Å². The zero-order valence-electron chi connectivity index (χ0n) is 15.3. The third-order valence-electron chi connectivity index (χ3n) is 5.21. The van der Waals surface area contributed by atoms with Gasteiger partial charge in [-0.05, 0) is 17.9 Å². The first-order valence-corrected chi connectivity index (χ1v) is 8.64. The molecule has 1 N–H and O–H groups in total. The number of nitrogens with zero attached hydrogens (tertiary/aromatic N) is 3. The first-order valence-electron chi connectivity index (χ1n) is 8.64. The summed E-state index contributed by atoms with van der Waals surface area (Å²) in [4.78, 5) is 23.9. The molecule has 0 amide bonds. The highest BCUT2D eigenvalue weighted by atomic mass is 16.4. The minimum Gasteiger partial charge on any atom is -0.477 e. The van der Waals surface area contributed by atoms with E-state index < -0.39 is 11.4 Å². The molecule has 0 saturated carbocycles. The second-order valence-electron chi connectivity index (χ2n) is 8.03. The molecule has 3 heterocycles. The van der Waals surface area contributed by atoms with E-state index in [1.54, 1.807) is 0 Å². The molecule has 26 heavy (non-hydrogen) atoms. The summed E-state index contributed by atoms with van der Waals surface area (Å²) in [6, 6.07) is 7.42. The van der Waals surface area contributed by atoms with Gasteiger partial charge in [-0.3, -0.25) is 9.48 Å². The normalized spacial score (nSPS) is 16.4. The van der Waals surface area contributed by atoms with Gasteiger partial charge in [0.15, 0.2) is 5.43 Å². The molecule has 1 atom stereocenters. The fourth-order valence-corrected chi connectivity index (χ4v) is 3.80. The van der Waals surface area contributed by atoms with Gasteiger partial charge in [0.25, 0.3) is 0 Å². The maximum Gasteiger partial charge on any atom is 0.341 e. The fraction of sp³-hybridized carbons (Fsp3) is 0.350. The fourth-order valence-electron chi connectivity index (χ4n) is 3.80. The Hall–Kier alpha value is -2.89. The van der Waals surface area contributed by atoms with Crippen LogP contribution in [-0.4, -0.2) is 25.4 Å². The summed E-state index contributed by atoms with van der Waals surface area (Å²) in [7, 11) is 0. The molecule has 6 heteroatoms. The van der Waals surface area contributed by atoms with Crippen molar-refractivity contribution in [2.75, 3.05) is 0 Å². The molecule has 3 aromatic rings. The second-order valence-corrected chi connectivity index (χ2v) is 8.03. The van der Waals surface area contributed by atoms with E-state index in [-0.39, 0.29) is 17.0 Å². The van der Waals surface area contributed by atoms with Crippen LogP contribution in [0.1, 0.15) is 42.7 Å². The lowest BCUT2D eigenvalue weighted by atomic mass is 9.85. The molecule has 134 valence electrons. The Morgan fingerprint density at radius 3 is 2.69 bits per heavy atom. The van der Waals surface area contributed by atoms with Crippen molar-refractivity contribution in [3.63, 3.8) is 0 Å². The van der Waals surface area contributed by atoms with E-state index in [9.17, 15) is 14.7 Å². The highest BCUT2D eigenvalue weighted by molar-refractivity contribution is 5.95. The van der Waals surface area contributed by atoms with E-state index in [2.05, 4.69) is 20.8 Å². The number of fused-ring (bicyclic) bond motifs is 5. The van der Waals surface area contributed by atoms with Crippen molar-refractivity contribution >= 4 is 16.9 Å². The average molecular weight is 351 g/mol. The summed E-state index contributed by atoms with van der Waals surface area (Å²) in [6.45, 7) is 8.98. The van der Waals surface area contributed by atoms with Crippen LogP contribution in [0.25, 0.3) is 22.3 Å². The Balaban J connectivity index is 2.11. The first kappa shape index (κ1) is 16.6. The molecule has 4 rings (SSSR count). The number of benzene rings is 1. The maximum absolute atomic E-state index is 12.4. The topological polar surface area (TPSA) is 77.1 Å². The number of aromatic carboxylic acids is 1. The SMILES string of the molecule is Cc1cccc2c3n(nc12)CC(C(C)(C)C)n1cc(C(=O)O)c(=O)cc1-3. The van der Waals surface area contributed by atoms with Gasteiger partial charge >= 0.3 is 5.97 Å². The molecule has 0 saturated heterocycles. The monoisotopic (exact) mass is 351 g/mol. The van der Waals surface area contributed by atoms with Crippen molar-refractivity contribution in [2.45, 2.75) is 40.3 Å². The van der Waals surface area contributed by atoms with Gasteiger partial charge in [0.2, 0.25) is 0 Å². The van der Waals surface area contributed by atoms with Crippen molar-refractivity contribution in [2.24, 2.45) is 5.41 Å². The van der Waals surface area contributed by atoms with Crippen LogP contribution in [0.4, 0.5) is 0 Å². The molecule has 1 aliphatic rings.